The Labute approximate surface area is 191 Å². The summed E-state index contributed by atoms with van der Waals surface area (Å²) in [6.45, 7) is 6.85. The molecule has 160 valence electrons. The summed E-state index contributed by atoms with van der Waals surface area (Å²) >= 11 is 0. The summed E-state index contributed by atoms with van der Waals surface area (Å²) in [6.07, 6.45) is 1.01. The van der Waals surface area contributed by atoms with Crippen LogP contribution < -0.4 is 20.1 Å². The van der Waals surface area contributed by atoms with Gasteiger partial charge in [-0.3, -0.25) is 0 Å². The van der Waals surface area contributed by atoms with E-state index < -0.39 is 0 Å². The molecule has 6 nitrogen and oxygen atoms in total. The number of benzene rings is 2. The van der Waals surface area contributed by atoms with Crippen LogP contribution >= 0.6 is 24.0 Å². The lowest BCUT2D eigenvalue weighted by molar-refractivity contribution is 0.121. The third-order valence-corrected chi connectivity index (χ3v) is 4.12. The first-order valence-electron chi connectivity index (χ1n) is 9.63. The predicted molar refractivity (Wildman–Crippen MR) is 130 cm³/mol. The largest absolute Gasteiger partial charge is 0.493 e. The summed E-state index contributed by atoms with van der Waals surface area (Å²) in [4.78, 5) is 4.73. The molecule has 0 radical (unpaired) electrons. The Morgan fingerprint density at radius 1 is 0.966 bits per heavy atom. The van der Waals surface area contributed by atoms with Crippen LogP contribution in [0.2, 0.25) is 0 Å². The van der Waals surface area contributed by atoms with Crippen LogP contribution in [0.1, 0.15) is 31.4 Å². The average molecular weight is 513 g/mol. The first kappa shape index (κ1) is 25.0. The maximum atomic E-state index is 5.70. The van der Waals surface area contributed by atoms with Gasteiger partial charge in [0.1, 0.15) is 0 Å². The summed E-state index contributed by atoms with van der Waals surface area (Å²) < 4.78 is 16.4. The molecular formula is C22H32IN3O3. The molecule has 0 aliphatic carbocycles. The van der Waals surface area contributed by atoms with Crippen LogP contribution in [0.4, 0.5) is 5.69 Å². The van der Waals surface area contributed by atoms with Crippen molar-refractivity contribution in [1.29, 1.82) is 0 Å². The number of methoxy groups -OCH3 is 2. The maximum Gasteiger partial charge on any atom is 0.196 e. The van der Waals surface area contributed by atoms with Gasteiger partial charge in [-0.05, 0) is 36.6 Å². The number of guanidine groups is 1. The molecule has 0 heterocycles. The smallest absolute Gasteiger partial charge is 0.196 e. The van der Waals surface area contributed by atoms with Crippen molar-refractivity contribution in [1.82, 2.24) is 5.32 Å². The van der Waals surface area contributed by atoms with Gasteiger partial charge in [-0.15, -0.1) is 24.0 Å². The van der Waals surface area contributed by atoms with Gasteiger partial charge in [0.25, 0.3) is 0 Å². The zero-order chi connectivity index (χ0) is 20.2. The molecular weight excluding hydrogens is 481 g/mol. The van der Waals surface area contributed by atoms with E-state index >= 15 is 0 Å². The second-order valence-electron chi connectivity index (χ2n) is 6.21. The minimum absolute atomic E-state index is 0. The van der Waals surface area contributed by atoms with Gasteiger partial charge in [0.05, 0.1) is 27.4 Å². The van der Waals surface area contributed by atoms with Gasteiger partial charge in [-0.25, -0.2) is 4.99 Å². The van der Waals surface area contributed by atoms with Crippen molar-refractivity contribution >= 4 is 35.6 Å². The number of rotatable bonds is 10. The number of anilines is 1. The van der Waals surface area contributed by atoms with Crippen molar-refractivity contribution in [3.63, 3.8) is 0 Å². The normalized spacial score (nSPS) is 10.8. The molecule has 29 heavy (non-hydrogen) atoms. The van der Waals surface area contributed by atoms with Crippen molar-refractivity contribution < 1.29 is 14.2 Å². The number of nitrogens with zero attached hydrogens (tertiary/aromatic N) is 1. The number of halogens is 1. The van der Waals surface area contributed by atoms with E-state index in [-0.39, 0.29) is 24.0 Å². The Hall–Kier alpha value is -2.00. The quantitative estimate of drug-likeness (QED) is 0.206. The summed E-state index contributed by atoms with van der Waals surface area (Å²) in [5.74, 6) is 2.07. The second kappa shape index (κ2) is 14.1. The lowest BCUT2D eigenvalue weighted by Gasteiger charge is -2.14. The minimum Gasteiger partial charge on any atom is -0.493 e. The molecule has 0 amide bonds. The molecule has 0 aliphatic heterocycles. The van der Waals surface area contributed by atoms with E-state index in [0.29, 0.717) is 30.6 Å². The summed E-state index contributed by atoms with van der Waals surface area (Å²) in [5, 5.41) is 6.59. The molecule has 2 aromatic carbocycles. The number of ether oxygens (including phenoxy) is 3. The first-order chi connectivity index (χ1) is 13.7. The van der Waals surface area contributed by atoms with Gasteiger partial charge in [0.2, 0.25) is 0 Å². The summed E-state index contributed by atoms with van der Waals surface area (Å²) in [5.41, 5.74) is 3.20. The highest BCUT2D eigenvalue weighted by Gasteiger charge is 2.07. The standard InChI is InChI=1S/C22H31N3O3.HI/c1-5-13-28-16-18-10-8-7-9-17(18)15-24-22(23-6-2)25-19-11-12-20(26-3)21(14-19)27-4;/h7-12,14H,5-6,13,15-16H2,1-4H3,(H2,23,24,25);1H. The van der Waals surface area contributed by atoms with Crippen LogP contribution in [0.3, 0.4) is 0 Å². The fraction of sp³-hybridized carbons (Fsp3) is 0.409. The molecule has 0 saturated heterocycles. The Morgan fingerprint density at radius 3 is 2.34 bits per heavy atom. The third-order valence-electron chi connectivity index (χ3n) is 4.12. The van der Waals surface area contributed by atoms with E-state index in [1.54, 1.807) is 14.2 Å². The molecule has 0 aliphatic rings. The lowest BCUT2D eigenvalue weighted by Crippen LogP contribution is -2.30. The van der Waals surface area contributed by atoms with Gasteiger partial charge in [-0.1, -0.05) is 31.2 Å². The molecule has 7 heteroatoms. The van der Waals surface area contributed by atoms with Gasteiger partial charge in [0, 0.05) is 24.9 Å². The van der Waals surface area contributed by atoms with E-state index in [1.807, 2.05) is 37.3 Å². The average Bonchev–Trinajstić information content (AvgIpc) is 2.73. The summed E-state index contributed by atoms with van der Waals surface area (Å²) in [7, 11) is 3.25. The number of hydrogen-bond donors (Lipinski definition) is 2. The molecule has 0 bridgehead atoms. The van der Waals surface area contributed by atoms with Gasteiger partial charge >= 0.3 is 0 Å². The zero-order valence-electron chi connectivity index (χ0n) is 17.7. The number of nitrogens with one attached hydrogen (secondary N) is 2. The van der Waals surface area contributed by atoms with Gasteiger partial charge in [-0.2, -0.15) is 0 Å². The number of hydrogen-bond acceptors (Lipinski definition) is 4. The monoisotopic (exact) mass is 513 g/mol. The molecule has 0 fully saturated rings. The first-order valence-corrected chi connectivity index (χ1v) is 9.63. The Kier molecular flexibility index (Phi) is 12.1. The molecule has 0 spiro atoms. The third kappa shape index (κ3) is 8.10. The Balaban J connectivity index is 0.00000420. The van der Waals surface area contributed by atoms with Crippen molar-refractivity contribution in [2.24, 2.45) is 4.99 Å². The zero-order valence-corrected chi connectivity index (χ0v) is 20.0. The van der Waals surface area contributed by atoms with Crippen molar-refractivity contribution in [3.8, 4) is 11.5 Å². The topological polar surface area (TPSA) is 64.1 Å². The van der Waals surface area contributed by atoms with Crippen LogP contribution in [-0.2, 0) is 17.9 Å². The second-order valence-corrected chi connectivity index (χ2v) is 6.21. The molecule has 2 N–H and O–H groups in total. The van der Waals surface area contributed by atoms with Crippen LogP contribution in [0.15, 0.2) is 47.5 Å². The maximum absolute atomic E-state index is 5.70. The molecule has 0 atom stereocenters. The minimum atomic E-state index is 0. The highest BCUT2D eigenvalue weighted by atomic mass is 127. The van der Waals surface area contributed by atoms with E-state index in [2.05, 4.69) is 29.7 Å². The lowest BCUT2D eigenvalue weighted by atomic mass is 10.1. The predicted octanol–water partition coefficient (Wildman–Crippen LogP) is 4.83. The van der Waals surface area contributed by atoms with Gasteiger partial charge < -0.3 is 24.8 Å². The molecule has 2 aromatic rings. The molecule has 0 unspecified atom stereocenters. The van der Waals surface area contributed by atoms with E-state index in [4.69, 9.17) is 19.2 Å². The van der Waals surface area contributed by atoms with Crippen LogP contribution in [-0.4, -0.2) is 33.3 Å². The number of aliphatic imine (C=N–C) groups is 1. The highest BCUT2D eigenvalue weighted by molar-refractivity contribution is 14.0. The van der Waals surface area contributed by atoms with Crippen molar-refractivity contribution in [2.75, 3.05) is 32.7 Å². The van der Waals surface area contributed by atoms with Crippen LogP contribution in [0.5, 0.6) is 11.5 Å². The van der Waals surface area contributed by atoms with Crippen LogP contribution in [0.25, 0.3) is 0 Å². The van der Waals surface area contributed by atoms with E-state index in [9.17, 15) is 0 Å². The fourth-order valence-corrected chi connectivity index (χ4v) is 2.70. The Bertz CT molecular complexity index is 769. The van der Waals surface area contributed by atoms with Crippen molar-refractivity contribution in [2.45, 2.75) is 33.4 Å². The van der Waals surface area contributed by atoms with Gasteiger partial charge in [0.15, 0.2) is 17.5 Å². The van der Waals surface area contributed by atoms with E-state index in [0.717, 1.165) is 30.8 Å². The summed E-state index contributed by atoms with van der Waals surface area (Å²) in [6, 6.07) is 13.9. The molecule has 0 aromatic heterocycles. The molecule has 0 saturated carbocycles. The fourth-order valence-electron chi connectivity index (χ4n) is 2.70. The van der Waals surface area contributed by atoms with E-state index in [1.165, 1.54) is 5.56 Å². The SMILES string of the molecule is CCCOCc1ccccc1CN=C(NCC)Nc1ccc(OC)c(OC)c1.I. The molecule has 2 rings (SSSR count). The Morgan fingerprint density at radius 2 is 1.69 bits per heavy atom. The van der Waals surface area contributed by atoms with Crippen LogP contribution in [0, 0.1) is 0 Å². The highest BCUT2D eigenvalue weighted by Crippen LogP contribution is 2.29. The van der Waals surface area contributed by atoms with Crippen molar-refractivity contribution in [3.05, 3.63) is 53.6 Å².